The van der Waals surface area contributed by atoms with Crippen LogP contribution in [0.5, 0.6) is 0 Å². The number of ketones is 1. The molecule has 4 rings (SSSR count). The van der Waals surface area contributed by atoms with Crippen LogP contribution in [0.15, 0.2) is 30.1 Å². The molecule has 0 saturated heterocycles. The molecule has 1 aliphatic carbocycles. The van der Waals surface area contributed by atoms with E-state index in [1.54, 1.807) is 11.5 Å². The molecular weight excluding hydrogens is 505 g/mol. The van der Waals surface area contributed by atoms with Crippen molar-refractivity contribution < 1.29 is 32.3 Å². The highest BCUT2D eigenvalue weighted by molar-refractivity contribution is 6.43. The van der Waals surface area contributed by atoms with Crippen LogP contribution >= 0.6 is 0 Å². The van der Waals surface area contributed by atoms with Gasteiger partial charge in [0.1, 0.15) is 5.82 Å². The van der Waals surface area contributed by atoms with Crippen LogP contribution in [-0.2, 0) is 29.1 Å². The number of alkyl halides is 2. The second-order valence-corrected chi connectivity index (χ2v) is 9.59. The van der Waals surface area contributed by atoms with Gasteiger partial charge in [0.25, 0.3) is 23.5 Å². The molecule has 0 atom stereocenters. The number of fused-ring (bicyclic) bond motifs is 1. The molecule has 2 amide bonds. The molecule has 1 aromatic heterocycles. The number of carbonyl (C=O) groups excluding carboxylic acids is 3. The summed E-state index contributed by atoms with van der Waals surface area (Å²) in [5.41, 5.74) is 7.91. The number of amides is 2. The summed E-state index contributed by atoms with van der Waals surface area (Å²) in [5, 5.41) is 5.09. The predicted octanol–water partition coefficient (Wildman–Crippen LogP) is 2.01. The number of hydrogen-bond donors (Lipinski definition) is 5. The Morgan fingerprint density at radius 1 is 1.24 bits per heavy atom. The Labute approximate surface area is 216 Å². The molecule has 1 aromatic carbocycles. The van der Waals surface area contributed by atoms with E-state index in [1.807, 2.05) is 0 Å². The zero-order valence-electron chi connectivity index (χ0n) is 20.9. The minimum absolute atomic E-state index is 0.0000580. The van der Waals surface area contributed by atoms with Crippen molar-refractivity contribution in [1.29, 1.82) is 0 Å². The summed E-state index contributed by atoms with van der Waals surface area (Å²) in [6.45, 7) is 1.95. The SMILES string of the molecule is COCc1cc(NC(=O)c2c(C)c(C(=O)C(=O)NC3(/C(N)=C/NN)CC(F)(F)C3)n3c2CCC3)ccc1F. The van der Waals surface area contributed by atoms with E-state index in [0.29, 0.717) is 30.8 Å². The van der Waals surface area contributed by atoms with Crippen molar-refractivity contribution in [3.8, 4) is 0 Å². The third-order valence-corrected chi connectivity index (χ3v) is 6.93. The van der Waals surface area contributed by atoms with Crippen LogP contribution in [-0.4, -0.2) is 40.7 Å². The molecule has 0 unspecified atom stereocenters. The van der Waals surface area contributed by atoms with Crippen LogP contribution in [0.25, 0.3) is 0 Å². The normalized spacial score (nSPS) is 17.4. The van der Waals surface area contributed by atoms with Crippen molar-refractivity contribution in [3.63, 3.8) is 0 Å². The maximum Gasteiger partial charge on any atom is 0.294 e. The molecule has 2 aromatic rings. The first-order valence-corrected chi connectivity index (χ1v) is 11.9. The second kappa shape index (κ2) is 10.1. The molecule has 38 heavy (non-hydrogen) atoms. The van der Waals surface area contributed by atoms with Gasteiger partial charge in [-0.3, -0.25) is 20.2 Å². The summed E-state index contributed by atoms with van der Waals surface area (Å²) in [6, 6.07) is 4.06. The number of hydrazine groups is 1. The molecule has 1 aliphatic heterocycles. The number of carbonyl (C=O) groups is 3. The topological polar surface area (TPSA) is 154 Å². The lowest BCUT2D eigenvalue weighted by atomic mass is 9.71. The van der Waals surface area contributed by atoms with Crippen molar-refractivity contribution in [3.05, 3.63) is 64.0 Å². The Hall–Kier alpha value is -3.84. The number of rotatable bonds is 9. The number of anilines is 1. The van der Waals surface area contributed by atoms with Gasteiger partial charge in [-0.25, -0.2) is 13.2 Å². The maximum absolute atomic E-state index is 14.0. The number of hydrogen-bond acceptors (Lipinski definition) is 7. The highest BCUT2D eigenvalue weighted by atomic mass is 19.3. The van der Waals surface area contributed by atoms with Crippen LogP contribution in [0, 0.1) is 12.7 Å². The molecule has 13 heteroatoms. The Morgan fingerprint density at radius 3 is 2.58 bits per heavy atom. The average molecular weight is 535 g/mol. The minimum atomic E-state index is -3.07. The third kappa shape index (κ3) is 4.86. The smallest absolute Gasteiger partial charge is 0.294 e. The van der Waals surface area contributed by atoms with Crippen molar-refractivity contribution in [2.24, 2.45) is 11.6 Å². The van der Waals surface area contributed by atoms with Gasteiger partial charge < -0.3 is 31.1 Å². The van der Waals surface area contributed by atoms with Crippen LogP contribution < -0.4 is 27.6 Å². The minimum Gasteiger partial charge on any atom is -0.399 e. The monoisotopic (exact) mass is 534 g/mol. The van der Waals surface area contributed by atoms with E-state index in [1.165, 1.54) is 25.3 Å². The molecule has 2 aliphatic rings. The molecular formula is C25H29F3N6O4. The summed E-state index contributed by atoms with van der Waals surface area (Å²) in [7, 11) is 1.42. The van der Waals surface area contributed by atoms with E-state index >= 15 is 0 Å². The first kappa shape index (κ1) is 27.2. The molecule has 0 spiro atoms. The van der Waals surface area contributed by atoms with E-state index in [9.17, 15) is 27.6 Å². The lowest BCUT2D eigenvalue weighted by molar-refractivity contribution is -0.137. The molecule has 1 saturated carbocycles. The fourth-order valence-corrected chi connectivity index (χ4v) is 5.23. The quantitative estimate of drug-likeness (QED) is 0.143. The Balaban J connectivity index is 1.61. The van der Waals surface area contributed by atoms with Crippen molar-refractivity contribution in [2.45, 2.75) is 57.2 Å². The molecule has 0 radical (unpaired) electrons. The fraction of sp³-hybridized carbons (Fsp3) is 0.400. The second-order valence-electron chi connectivity index (χ2n) is 9.59. The van der Waals surface area contributed by atoms with E-state index in [4.69, 9.17) is 16.3 Å². The van der Waals surface area contributed by atoms with E-state index in [2.05, 4.69) is 16.1 Å². The van der Waals surface area contributed by atoms with Gasteiger partial charge in [0.05, 0.1) is 29.1 Å². The lowest BCUT2D eigenvalue weighted by Crippen LogP contribution is -2.65. The highest BCUT2D eigenvalue weighted by Gasteiger charge is 2.59. The molecule has 2 heterocycles. The fourth-order valence-electron chi connectivity index (χ4n) is 5.23. The highest BCUT2D eigenvalue weighted by Crippen LogP contribution is 2.48. The zero-order chi connectivity index (χ0) is 27.8. The number of nitrogens with one attached hydrogen (secondary N) is 3. The van der Waals surface area contributed by atoms with Crippen LogP contribution in [0.2, 0.25) is 0 Å². The number of nitrogens with zero attached hydrogens (tertiary/aromatic N) is 1. The molecule has 10 nitrogen and oxygen atoms in total. The van der Waals surface area contributed by atoms with Gasteiger partial charge >= 0.3 is 0 Å². The summed E-state index contributed by atoms with van der Waals surface area (Å²) in [4.78, 5) is 39.6. The van der Waals surface area contributed by atoms with E-state index in [0.717, 1.165) is 6.20 Å². The number of halogens is 3. The van der Waals surface area contributed by atoms with Crippen molar-refractivity contribution in [1.82, 2.24) is 15.3 Å². The summed E-state index contributed by atoms with van der Waals surface area (Å²) in [5.74, 6) is -0.964. The van der Waals surface area contributed by atoms with E-state index in [-0.39, 0.29) is 34.7 Å². The van der Waals surface area contributed by atoms with Crippen LogP contribution in [0.1, 0.15) is 56.9 Å². The Morgan fingerprint density at radius 2 is 1.95 bits per heavy atom. The first-order chi connectivity index (χ1) is 17.9. The Kier molecular flexibility index (Phi) is 7.26. The van der Waals surface area contributed by atoms with Gasteiger partial charge in [-0.05, 0) is 43.5 Å². The number of benzene rings is 1. The number of ether oxygens (including phenoxy) is 1. The summed E-state index contributed by atoms with van der Waals surface area (Å²) >= 11 is 0. The van der Waals surface area contributed by atoms with Gasteiger partial charge in [-0.2, -0.15) is 0 Å². The van der Waals surface area contributed by atoms with Gasteiger partial charge in [0.15, 0.2) is 0 Å². The first-order valence-electron chi connectivity index (χ1n) is 11.9. The third-order valence-electron chi connectivity index (χ3n) is 6.93. The molecule has 204 valence electrons. The number of nitrogens with two attached hydrogens (primary N) is 2. The maximum atomic E-state index is 14.0. The summed E-state index contributed by atoms with van der Waals surface area (Å²) < 4.78 is 48.1. The molecule has 7 N–H and O–H groups in total. The number of aromatic nitrogens is 1. The number of Topliss-reactive ketones (excluding diaryl/α,β-unsaturated/α-hetero) is 1. The zero-order valence-corrected chi connectivity index (χ0v) is 20.9. The predicted molar refractivity (Wildman–Crippen MR) is 132 cm³/mol. The van der Waals surface area contributed by atoms with E-state index < -0.39 is 47.7 Å². The van der Waals surface area contributed by atoms with Gasteiger partial charge in [-0.15, -0.1) is 0 Å². The van der Waals surface area contributed by atoms with Crippen molar-refractivity contribution in [2.75, 3.05) is 12.4 Å². The largest absolute Gasteiger partial charge is 0.399 e. The number of methoxy groups -OCH3 is 1. The van der Waals surface area contributed by atoms with Gasteiger partial charge in [0.2, 0.25) is 0 Å². The molecule has 1 fully saturated rings. The standard InChI is InChI=1S/C25H29F3N6O4/c1-13-19(22(36)32-15-5-6-16(26)14(8-15)10-38-2)17-4-3-7-34(17)20(13)21(35)23(37)33-24(18(29)9-31-30)11-25(27,28)12-24/h5-6,8-9,31H,3-4,7,10-12,29-30H2,1-2H3,(H,32,36)(H,33,37)/b18-9-. The van der Waals surface area contributed by atoms with Gasteiger partial charge in [0, 0.05) is 49.6 Å². The average Bonchev–Trinajstić information content (AvgIpc) is 3.39. The van der Waals surface area contributed by atoms with Crippen LogP contribution in [0.3, 0.4) is 0 Å². The van der Waals surface area contributed by atoms with Crippen LogP contribution in [0.4, 0.5) is 18.9 Å². The van der Waals surface area contributed by atoms with Crippen molar-refractivity contribution >= 4 is 23.3 Å². The Bertz CT molecular complexity index is 1330. The lowest BCUT2D eigenvalue weighted by Gasteiger charge is -2.47. The van der Waals surface area contributed by atoms with Gasteiger partial charge in [-0.1, -0.05) is 0 Å². The summed E-state index contributed by atoms with van der Waals surface area (Å²) in [6.07, 6.45) is 0.636. The molecule has 0 bridgehead atoms.